The molecule has 0 aromatic carbocycles. The molecule has 3 nitrogen and oxygen atoms in total. The van der Waals surface area contributed by atoms with Gasteiger partial charge in [-0.3, -0.25) is 0 Å². The lowest BCUT2D eigenvalue weighted by Crippen LogP contribution is -2.41. The maximum Gasteiger partial charge on any atom is 0.0162 e. The van der Waals surface area contributed by atoms with Crippen molar-refractivity contribution in [3.63, 3.8) is 0 Å². The summed E-state index contributed by atoms with van der Waals surface area (Å²) in [6.45, 7) is 5.91. The SMILES string of the molecule is CNC(C)CNC(C)CN. The molecule has 3 heteroatoms. The summed E-state index contributed by atoms with van der Waals surface area (Å²) in [5.41, 5.74) is 5.42. The smallest absolute Gasteiger partial charge is 0.0162 e. The monoisotopic (exact) mass is 145 g/mol. The van der Waals surface area contributed by atoms with Crippen LogP contribution in [0.3, 0.4) is 0 Å². The Morgan fingerprint density at radius 3 is 2.30 bits per heavy atom. The molecule has 0 saturated carbocycles. The van der Waals surface area contributed by atoms with Gasteiger partial charge in [0.05, 0.1) is 0 Å². The van der Waals surface area contributed by atoms with Crippen molar-refractivity contribution in [2.45, 2.75) is 25.9 Å². The summed E-state index contributed by atoms with van der Waals surface area (Å²) >= 11 is 0. The third kappa shape index (κ3) is 4.73. The highest BCUT2D eigenvalue weighted by Crippen LogP contribution is 1.79. The highest BCUT2D eigenvalue weighted by molar-refractivity contribution is 4.66. The quantitative estimate of drug-likeness (QED) is 0.490. The van der Waals surface area contributed by atoms with Gasteiger partial charge in [-0.25, -0.2) is 0 Å². The van der Waals surface area contributed by atoms with E-state index in [-0.39, 0.29) is 0 Å². The van der Waals surface area contributed by atoms with Gasteiger partial charge in [-0.1, -0.05) is 0 Å². The second-order valence-electron chi connectivity index (χ2n) is 2.73. The van der Waals surface area contributed by atoms with E-state index in [9.17, 15) is 0 Å². The summed E-state index contributed by atoms with van der Waals surface area (Å²) in [5.74, 6) is 0. The molecule has 10 heavy (non-hydrogen) atoms. The van der Waals surface area contributed by atoms with Crippen LogP contribution in [-0.4, -0.2) is 32.2 Å². The molecule has 0 heterocycles. The fourth-order valence-corrected chi connectivity index (χ4v) is 0.563. The second kappa shape index (κ2) is 5.65. The first-order chi connectivity index (χ1) is 4.70. The van der Waals surface area contributed by atoms with Crippen LogP contribution in [0.1, 0.15) is 13.8 Å². The van der Waals surface area contributed by atoms with Gasteiger partial charge in [0.1, 0.15) is 0 Å². The van der Waals surface area contributed by atoms with Crippen LogP contribution in [0.4, 0.5) is 0 Å². The molecule has 0 fully saturated rings. The van der Waals surface area contributed by atoms with Crippen LogP contribution in [0.15, 0.2) is 0 Å². The van der Waals surface area contributed by atoms with E-state index >= 15 is 0 Å². The molecule has 0 aliphatic rings. The van der Waals surface area contributed by atoms with E-state index in [0.29, 0.717) is 18.6 Å². The first-order valence-electron chi connectivity index (χ1n) is 3.81. The number of hydrogen-bond donors (Lipinski definition) is 3. The minimum absolute atomic E-state index is 0.427. The maximum absolute atomic E-state index is 5.42. The van der Waals surface area contributed by atoms with Crippen molar-refractivity contribution in [3.8, 4) is 0 Å². The van der Waals surface area contributed by atoms with Crippen molar-refractivity contribution >= 4 is 0 Å². The lowest BCUT2D eigenvalue weighted by Gasteiger charge is -2.15. The molecule has 0 bridgehead atoms. The highest BCUT2D eigenvalue weighted by Gasteiger charge is 2.00. The average Bonchev–Trinajstić information content (AvgIpc) is 1.99. The summed E-state index contributed by atoms with van der Waals surface area (Å²) in [5, 5.41) is 6.44. The van der Waals surface area contributed by atoms with Gasteiger partial charge in [0.25, 0.3) is 0 Å². The zero-order valence-electron chi connectivity index (χ0n) is 7.15. The molecular weight excluding hydrogens is 126 g/mol. The minimum Gasteiger partial charge on any atom is -0.329 e. The van der Waals surface area contributed by atoms with Crippen molar-refractivity contribution in [2.75, 3.05) is 20.1 Å². The van der Waals surface area contributed by atoms with Gasteiger partial charge < -0.3 is 16.4 Å². The number of nitrogens with one attached hydrogen (secondary N) is 2. The van der Waals surface area contributed by atoms with Gasteiger partial charge >= 0.3 is 0 Å². The minimum atomic E-state index is 0.427. The van der Waals surface area contributed by atoms with Crippen LogP contribution in [0.5, 0.6) is 0 Å². The Morgan fingerprint density at radius 2 is 1.90 bits per heavy atom. The van der Waals surface area contributed by atoms with E-state index in [0.717, 1.165) is 6.54 Å². The first-order valence-corrected chi connectivity index (χ1v) is 3.81. The Balaban J connectivity index is 3.17. The molecule has 0 aromatic heterocycles. The fourth-order valence-electron chi connectivity index (χ4n) is 0.563. The topological polar surface area (TPSA) is 50.1 Å². The van der Waals surface area contributed by atoms with E-state index in [2.05, 4.69) is 24.5 Å². The molecule has 0 radical (unpaired) electrons. The number of likely N-dealkylation sites (N-methyl/N-ethyl adjacent to an activating group) is 1. The molecule has 0 aliphatic carbocycles. The molecule has 0 rings (SSSR count). The molecule has 0 saturated heterocycles. The van der Waals surface area contributed by atoms with Crippen LogP contribution in [0.25, 0.3) is 0 Å². The van der Waals surface area contributed by atoms with E-state index in [1.54, 1.807) is 0 Å². The van der Waals surface area contributed by atoms with E-state index in [1.165, 1.54) is 0 Å². The maximum atomic E-state index is 5.42. The zero-order valence-corrected chi connectivity index (χ0v) is 7.15. The summed E-state index contributed by atoms with van der Waals surface area (Å²) in [6.07, 6.45) is 0. The van der Waals surface area contributed by atoms with Crippen molar-refractivity contribution in [2.24, 2.45) is 5.73 Å². The van der Waals surface area contributed by atoms with E-state index in [1.807, 2.05) is 7.05 Å². The van der Waals surface area contributed by atoms with Gasteiger partial charge in [0.15, 0.2) is 0 Å². The lowest BCUT2D eigenvalue weighted by molar-refractivity contribution is 0.487. The lowest BCUT2D eigenvalue weighted by atomic mass is 10.3. The van der Waals surface area contributed by atoms with E-state index < -0.39 is 0 Å². The number of rotatable bonds is 5. The van der Waals surface area contributed by atoms with Gasteiger partial charge in [-0.15, -0.1) is 0 Å². The van der Waals surface area contributed by atoms with Gasteiger partial charge in [0.2, 0.25) is 0 Å². The highest BCUT2D eigenvalue weighted by atomic mass is 15.0. The van der Waals surface area contributed by atoms with Crippen molar-refractivity contribution in [3.05, 3.63) is 0 Å². The van der Waals surface area contributed by atoms with Crippen LogP contribution in [-0.2, 0) is 0 Å². The Bertz CT molecular complexity index is 65.3. The van der Waals surface area contributed by atoms with Crippen molar-refractivity contribution < 1.29 is 0 Å². The molecule has 2 atom stereocenters. The van der Waals surface area contributed by atoms with Crippen molar-refractivity contribution in [1.29, 1.82) is 0 Å². The normalized spacial score (nSPS) is 16.8. The van der Waals surface area contributed by atoms with Crippen LogP contribution < -0.4 is 16.4 Å². The van der Waals surface area contributed by atoms with Gasteiger partial charge in [-0.2, -0.15) is 0 Å². The first kappa shape index (κ1) is 9.88. The third-order valence-corrected chi connectivity index (χ3v) is 1.62. The van der Waals surface area contributed by atoms with Gasteiger partial charge in [0, 0.05) is 25.2 Å². The Labute approximate surface area is 63.4 Å². The molecule has 0 aromatic rings. The summed E-state index contributed by atoms with van der Waals surface area (Å²) < 4.78 is 0. The van der Waals surface area contributed by atoms with Crippen LogP contribution >= 0.6 is 0 Å². The second-order valence-corrected chi connectivity index (χ2v) is 2.73. The number of hydrogen-bond acceptors (Lipinski definition) is 3. The van der Waals surface area contributed by atoms with E-state index in [4.69, 9.17) is 5.73 Å². The van der Waals surface area contributed by atoms with Crippen LogP contribution in [0.2, 0.25) is 0 Å². The summed E-state index contributed by atoms with van der Waals surface area (Å²) in [6, 6.07) is 0.949. The summed E-state index contributed by atoms with van der Waals surface area (Å²) in [7, 11) is 1.96. The Morgan fingerprint density at radius 1 is 1.30 bits per heavy atom. The summed E-state index contributed by atoms with van der Waals surface area (Å²) in [4.78, 5) is 0. The zero-order chi connectivity index (χ0) is 7.98. The molecule has 4 N–H and O–H groups in total. The van der Waals surface area contributed by atoms with Gasteiger partial charge in [-0.05, 0) is 20.9 Å². The third-order valence-electron chi connectivity index (χ3n) is 1.62. The molecule has 0 spiro atoms. The molecule has 62 valence electrons. The predicted molar refractivity (Wildman–Crippen MR) is 45.0 cm³/mol. The molecule has 2 unspecified atom stereocenters. The predicted octanol–water partition coefficient (Wildman–Crippen LogP) is -0.469. The van der Waals surface area contributed by atoms with Crippen molar-refractivity contribution in [1.82, 2.24) is 10.6 Å². The molecular formula is C7H19N3. The average molecular weight is 145 g/mol. The standard InChI is InChI=1S/C7H19N3/c1-6(4-8)10-5-7(2)9-3/h6-7,9-10H,4-5,8H2,1-3H3. The Kier molecular flexibility index (Phi) is 5.58. The Hall–Kier alpha value is -0.120. The fraction of sp³-hybridized carbons (Fsp3) is 1.00. The van der Waals surface area contributed by atoms with Crippen LogP contribution in [0, 0.1) is 0 Å². The number of nitrogens with two attached hydrogens (primary N) is 1. The largest absolute Gasteiger partial charge is 0.329 e. The molecule has 0 aliphatic heterocycles. The molecule has 0 amide bonds.